The van der Waals surface area contributed by atoms with Crippen molar-refractivity contribution in [1.29, 1.82) is 0 Å². The highest BCUT2D eigenvalue weighted by Gasteiger charge is 2.28. The molecule has 2 unspecified atom stereocenters. The van der Waals surface area contributed by atoms with Crippen molar-refractivity contribution in [3.8, 4) is 12.3 Å². The van der Waals surface area contributed by atoms with Gasteiger partial charge in [-0.05, 0) is 25.3 Å². The number of terminal acetylenes is 1. The Morgan fingerprint density at radius 3 is 2.82 bits per heavy atom. The molecule has 5 nitrogen and oxygen atoms in total. The lowest BCUT2D eigenvalue weighted by Crippen LogP contribution is -2.51. The molecule has 0 bridgehead atoms. The molecule has 1 aliphatic heterocycles. The summed E-state index contributed by atoms with van der Waals surface area (Å²) in [4.78, 5) is 23.9. The number of hydrogen-bond acceptors (Lipinski definition) is 3. The summed E-state index contributed by atoms with van der Waals surface area (Å²) in [6.07, 6.45) is 6.92. The number of rotatable bonds is 4. The average molecular weight is 238 g/mol. The molecule has 0 spiro atoms. The quantitative estimate of drug-likeness (QED) is 0.672. The molecule has 1 amide bonds. The predicted octanol–water partition coefficient (Wildman–Crippen LogP) is -0.0791. The summed E-state index contributed by atoms with van der Waals surface area (Å²) in [6, 6.07) is -0.300. The SMILES string of the molecule is C#CCN(CC(=O)O)C(=O)C1CC(C)CCN1. The molecule has 0 aliphatic carbocycles. The lowest BCUT2D eigenvalue weighted by molar-refractivity contribution is -0.145. The van der Waals surface area contributed by atoms with E-state index in [4.69, 9.17) is 11.5 Å². The second-order valence-corrected chi connectivity index (χ2v) is 4.43. The van der Waals surface area contributed by atoms with E-state index in [1.165, 1.54) is 4.90 Å². The molecule has 0 aromatic carbocycles. The Hall–Kier alpha value is -1.54. The Morgan fingerprint density at radius 1 is 1.59 bits per heavy atom. The van der Waals surface area contributed by atoms with E-state index in [1.807, 2.05) is 0 Å². The number of carbonyl (C=O) groups excluding carboxylic acids is 1. The highest BCUT2D eigenvalue weighted by Crippen LogP contribution is 2.16. The van der Waals surface area contributed by atoms with Gasteiger partial charge in [0.05, 0.1) is 12.6 Å². The Balaban J connectivity index is 2.63. The number of piperidine rings is 1. The third-order valence-corrected chi connectivity index (χ3v) is 2.88. The summed E-state index contributed by atoms with van der Waals surface area (Å²) >= 11 is 0. The summed E-state index contributed by atoms with van der Waals surface area (Å²) in [5.74, 6) is 1.54. The number of hydrogen-bond donors (Lipinski definition) is 2. The number of aliphatic carboxylic acids is 1. The summed E-state index contributed by atoms with van der Waals surface area (Å²) in [5, 5.41) is 11.8. The summed E-state index contributed by atoms with van der Waals surface area (Å²) < 4.78 is 0. The minimum atomic E-state index is -1.04. The third-order valence-electron chi connectivity index (χ3n) is 2.88. The summed E-state index contributed by atoms with van der Waals surface area (Å²) in [7, 11) is 0. The zero-order valence-corrected chi connectivity index (χ0v) is 9.98. The van der Waals surface area contributed by atoms with Gasteiger partial charge in [-0.2, -0.15) is 0 Å². The molecule has 17 heavy (non-hydrogen) atoms. The highest BCUT2D eigenvalue weighted by atomic mass is 16.4. The molecule has 1 rings (SSSR count). The molecule has 1 fully saturated rings. The van der Waals surface area contributed by atoms with E-state index in [0.29, 0.717) is 5.92 Å². The zero-order chi connectivity index (χ0) is 12.8. The van der Waals surface area contributed by atoms with Crippen LogP contribution >= 0.6 is 0 Å². The first-order valence-electron chi connectivity index (χ1n) is 5.72. The topological polar surface area (TPSA) is 69.6 Å². The van der Waals surface area contributed by atoms with Gasteiger partial charge in [-0.3, -0.25) is 9.59 Å². The summed E-state index contributed by atoms with van der Waals surface area (Å²) in [5.41, 5.74) is 0. The molecule has 0 radical (unpaired) electrons. The van der Waals surface area contributed by atoms with Crippen LogP contribution < -0.4 is 5.32 Å². The van der Waals surface area contributed by atoms with Crippen LogP contribution in [0.2, 0.25) is 0 Å². The van der Waals surface area contributed by atoms with E-state index >= 15 is 0 Å². The second kappa shape index (κ2) is 6.26. The first-order chi connectivity index (χ1) is 8.04. The molecule has 2 N–H and O–H groups in total. The predicted molar refractivity (Wildman–Crippen MR) is 63.2 cm³/mol. The van der Waals surface area contributed by atoms with Gasteiger partial charge in [-0.1, -0.05) is 12.8 Å². The van der Waals surface area contributed by atoms with Crippen LogP contribution in [0.1, 0.15) is 19.8 Å². The number of nitrogens with one attached hydrogen (secondary N) is 1. The minimum absolute atomic E-state index is 0.0394. The van der Waals surface area contributed by atoms with Crippen LogP contribution in [0.15, 0.2) is 0 Å². The van der Waals surface area contributed by atoms with Gasteiger partial charge in [0.25, 0.3) is 0 Å². The molecule has 1 saturated heterocycles. The van der Waals surface area contributed by atoms with Crippen molar-refractivity contribution < 1.29 is 14.7 Å². The lowest BCUT2D eigenvalue weighted by atomic mass is 9.93. The monoisotopic (exact) mass is 238 g/mol. The van der Waals surface area contributed by atoms with Crippen molar-refractivity contribution in [3.63, 3.8) is 0 Å². The molecule has 5 heteroatoms. The van der Waals surface area contributed by atoms with Gasteiger partial charge in [0.1, 0.15) is 6.54 Å². The largest absolute Gasteiger partial charge is 0.480 e. The number of amides is 1. The maximum absolute atomic E-state index is 12.1. The smallest absolute Gasteiger partial charge is 0.323 e. The van der Waals surface area contributed by atoms with Crippen molar-refractivity contribution >= 4 is 11.9 Å². The van der Waals surface area contributed by atoms with E-state index in [0.717, 1.165) is 19.4 Å². The van der Waals surface area contributed by atoms with Crippen LogP contribution in [0.5, 0.6) is 0 Å². The Labute approximate surface area is 101 Å². The first kappa shape index (κ1) is 13.5. The number of carboxylic acids is 1. The van der Waals surface area contributed by atoms with Gasteiger partial charge in [-0.25, -0.2) is 0 Å². The van der Waals surface area contributed by atoms with Crippen LogP contribution in [-0.2, 0) is 9.59 Å². The number of carbonyl (C=O) groups is 2. The van der Waals surface area contributed by atoms with Crippen molar-refractivity contribution in [2.45, 2.75) is 25.8 Å². The van der Waals surface area contributed by atoms with E-state index in [-0.39, 0.29) is 25.0 Å². The average Bonchev–Trinajstić information content (AvgIpc) is 2.27. The van der Waals surface area contributed by atoms with Crippen LogP contribution in [-0.4, -0.2) is 47.6 Å². The standard InChI is InChI=1S/C12H18N2O3/c1-3-6-14(8-11(15)16)12(17)10-7-9(2)4-5-13-10/h1,9-10,13H,4-8H2,2H3,(H,15,16). The zero-order valence-electron chi connectivity index (χ0n) is 9.98. The van der Waals surface area contributed by atoms with Crippen LogP contribution in [0.3, 0.4) is 0 Å². The van der Waals surface area contributed by atoms with Gasteiger partial charge in [0, 0.05) is 0 Å². The van der Waals surface area contributed by atoms with E-state index in [1.54, 1.807) is 0 Å². The van der Waals surface area contributed by atoms with Crippen LogP contribution in [0.4, 0.5) is 0 Å². The first-order valence-corrected chi connectivity index (χ1v) is 5.72. The Bertz CT molecular complexity index is 335. The third kappa shape index (κ3) is 4.08. The molecule has 1 heterocycles. The van der Waals surface area contributed by atoms with Gasteiger partial charge in [0.2, 0.25) is 5.91 Å². The highest BCUT2D eigenvalue weighted by molar-refractivity contribution is 5.85. The lowest BCUT2D eigenvalue weighted by Gasteiger charge is -2.30. The van der Waals surface area contributed by atoms with Gasteiger partial charge >= 0.3 is 5.97 Å². The molecule has 0 saturated carbocycles. The van der Waals surface area contributed by atoms with Crippen molar-refractivity contribution in [2.24, 2.45) is 5.92 Å². The molecule has 0 aromatic heterocycles. The fourth-order valence-corrected chi connectivity index (χ4v) is 2.00. The Morgan fingerprint density at radius 2 is 2.29 bits per heavy atom. The van der Waals surface area contributed by atoms with E-state index in [9.17, 15) is 9.59 Å². The maximum atomic E-state index is 12.1. The minimum Gasteiger partial charge on any atom is -0.480 e. The number of nitrogens with zero attached hydrogens (tertiary/aromatic N) is 1. The van der Waals surface area contributed by atoms with Crippen LogP contribution in [0.25, 0.3) is 0 Å². The molecule has 2 atom stereocenters. The molecule has 0 aromatic rings. The van der Waals surface area contributed by atoms with Gasteiger partial charge < -0.3 is 15.3 Å². The van der Waals surface area contributed by atoms with E-state index in [2.05, 4.69) is 18.2 Å². The van der Waals surface area contributed by atoms with Crippen molar-refractivity contribution in [2.75, 3.05) is 19.6 Å². The Kier molecular flexibility index (Phi) is 4.98. The maximum Gasteiger partial charge on any atom is 0.323 e. The van der Waals surface area contributed by atoms with Gasteiger partial charge in [-0.15, -0.1) is 6.42 Å². The molecular weight excluding hydrogens is 220 g/mol. The normalized spacial score (nSPS) is 23.8. The molecule has 1 aliphatic rings. The van der Waals surface area contributed by atoms with Crippen molar-refractivity contribution in [3.05, 3.63) is 0 Å². The fourth-order valence-electron chi connectivity index (χ4n) is 2.00. The van der Waals surface area contributed by atoms with Crippen LogP contribution in [0, 0.1) is 18.3 Å². The van der Waals surface area contributed by atoms with E-state index < -0.39 is 5.97 Å². The van der Waals surface area contributed by atoms with Gasteiger partial charge in [0.15, 0.2) is 0 Å². The number of carboxylic acid groups (broad SMARTS) is 1. The fraction of sp³-hybridized carbons (Fsp3) is 0.667. The molecular formula is C12H18N2O3. The second-order valence-electron chi connectivity index (χ2n) is 4.43. The summed E-state index contributed by atoms with van der Waals surface area (Å²) in [6.45, 7) is 2.58. The van der Waals surface area contributed by atoms with Crippen molar-refractivity contribution in [1.82, 2.24) is 10.2 Å². The molecule has 94 valence electrons.